The molecule has 0 aliphatic rings. The van der Waals surface area contributed by atoms with Gasteiger partial charge in [-0.25, -0.2) is 13.1 Å². The van der Waals surface area contributed by atoms with E-state index in [1.54, 1.807) is 20.8 Å². The molecule has 1 aromatic carbocycles. The normalized spacial score (nSPS) is 12.3. The first kappa shape index (κ1) is 20.0. The summed E-state index contributed by atoms with van der Waals surface area (Å²) in [4.78, 5) is 0. The molecule has 0 aliphatic carbocycles. The number of rotatable bonds is 10. The Morgan fingerprint density at radius 1 is 0.957 bits per heavy atom. The van der Waals surface area contributed by atoms with Crippen molar-refractivity contribution in [1.29, 1.82) is 0 Å². The van der Waals surface area contributed by atoms with Crippen LogP contribution in [0.5, 0.6) is 0 Å². The number of anilines is 1. The molecule has 0 saturated heterocycles. The van der Waals surface area contributed by atoms with Crippen molar-refractivity contribution in [2.75, 3.05) is 18.4 Å². The number of unbranched alkanes of at least 4 members (excludes halogenated alkanes) is 2. The SMILES string of the molecule is CCCc1ccc(NCCCCCNS(=O)(=O)C(C)(C)C)cc1. The van der Waals surface area contributed by atoms with E-state index >= 15 is 0 Å². The molecule has 0 aromatic heterocycles. The van der Waals surface area contributed by atoms with Crippen molar-refractivity contribution in [2.24, 2.45) is 0 Å². The average Bonchev–Trinajstić information content (AvgIpc) is 2.47. The molecule has 0 bridgehead atoms. The van der Waals surface area contributed by atoms with E-state index in [-0.39, 0.29) is 0 Å². The van der Waals surface area contributed by atoms with Crippen LogP contribution in [0.3, 0.4) is 0 Å². The number of hydrogen-bond acceptors (Lipinski definition) is 3. The van der Waals surface area contributed by atoms with Crippen LogP contribution in [-0.2, 0) is 16.4 Å². The monoisotopic (exact) mass is 340 g/mol. The van der Waals surface area contributed by atoms with Crippen LogP contribution in [0, 0.1) is 0 Å². The minimum absolute atomic E-state index is 0.519. The fraction of sp³-hybridized carbons (Fsp3) is 0.667. The molecule has 0 unspecified atom stereocenters. The van der Waals surface area contributed by atoms with E-state index in [1.165, 1.54) is 12.0 Å². The summed E-state index contributed by atoms with van der Waals surface area (Å²) >= 11 is 0. The highest BCUT2D eigenvalue weighted by molar-refractivity contribution is 7.90. The first-order valence-corrected chi connectivity index (χ1v) is 10.1. The predicted molar refractivity (Wildman–Crippen MR) is 99.5 cm³/mol. The van der Waals surface area contributed by atoms with Gasteiger partial charge >= 0.3 is 0 Å². The Morgan fingerprint density at radius 3 is 2.13 bits per heavy atom. The molecule has 1 rings (SSSR count). The minimum Gasteiger partial charge on any atom is -0.385 e. The van der Waals surface area contributed by atoms with Gasteiger partial charge in [0.1, 0.15) is 0 Å². The zero-order valence-corrected chi connectivity index (χ0v) is 15.8. The number of aryl methyl sites for hydroxylation is 1. The van der Waals surface area contributed by atoms with Gasteiger partial charge in [0, 0.05) is 18.8 Å². The van der Waals surface area contributed by atoms with Crippen molar-refractivity contribution in [3.05, 3.63) is 29.8 Å². The fourth-order valence-corrected chi connectivity index (χ4v) is 3.01. The second kappa shape index (κ2) is 9.28. The van der Waals surface area contributed by atoms with Gasteiger partial charge in [0.15, 0.2) is 0 Å². The highest BCUT2D eigenvalue weighted by Gasteiger charge is 2.27. The lowest BCUT2D eigenvalue weighted by atomic mass is 10.1. The van der Waals surface area contributed by atoms with Gasteiger partial charge in [-0.1, -0.05) is 31.9 Å². The number of nitrogens with one attached hydrogen (secondary N) is 2. The van der Waals surface area contributed by atoms with Crippen molar-refractivity contribution < 1.29 is 8.42 Å². The summed E-state index contributed by atoms with van der Waals surface area (Å²) < 4.78 is 25.7. The molecule has 2 N–H and O–H groups in total. The molecule has 132 valence electrons. The third kappa shape index (κ3) is 7.36. The van der Waals surface area contributed by atoms with Crippen LogP contribution in [0.15, 0.2) is 24.3 Å². The molecule has 23 heavy (non-hydrogen) atoms. The van der Waals surface area contributed by atoms with E-state index in [9.17, 15) is 8.42 Å². The Kier molecular flexibility index (Phi) is 8.06. The van der Waals surface area contributed by atoms with Crippen LogP contribution < -0.4 is 10.0 Å². The van der Waals surface area contributed by atoms with E-state index in [1.807, 2.05) is 0 Å². The van der Waals surface area contributed by atoms with E-state index in [2.05, 4.69) is 41.2 Å². The molecule has 0 saturated carbocycles. The van der Waals surface area contributed by atoms with Gasteiger partial charge in [0.05, 0.1) is 4.75 Å². The first-order valence-electron chi connectivity index (χ1n) is 8.58. The van der Waals surface area contributed by atoms with Crippen molar-refractivity contribution in [3.8, 4) is 0 Å². The first-order chi connectivity index (χ1) is 10.8. The van der Waals surface area contributed by atoms with Gasteiger partial charge < -0.3 is 5.32 Å². The Hall–Kier alpha value is -1.07. The minimum atomic E-state index is -3.21. The molecule has 0 spiro atoms. The summed E-state index contributed by atoms with van der Waals surface area (Å²) in [5.74, 6) is 0. The number of hydrogen-bond donors (Lipinski definition) is 2. The molecule has 5 heteroatoms. The summed E-state index contributed by atoms with van der Waals surface area (Å²) in [5, 5.41) is 3.41. The molecule has 0 atom stereocenters. The van der Waals surface area contributed by atoms with Crippen LogP contribution in [0.4, 0.5) is 5.69 Å². The van der Waals surface area contributed by atoms with E-state index in [0.717, 1.165) is 37.9 Å². The van der Waals surface area contributed by atoms with E-state index < -0.39 is 14.8 Å². The number of sulfonamides is 1. The lowest BCUT2D eigenvalue weighted by Gasteiger charge is -2.19. The smallest absolute Gasteiger partial charge is 0.216 e. The van der Waals surface area contributed by atoms with E-state index in [4.69, 9.17) is 0 Å². The van der Waals surface area contributed by atoms with Gasteiger partial charge in [-0.2, -0.15) is 0 Å². The highest BCUT2D eigenvalue weighted by atomic mass is 32.2. The van der Waals surface area contributed by atoms with Crippen LogP contribution in [0.25, 0.3) is 0 Å². The number of benzene rings is 1. The Bertz CT molecular complexity index is 545. The van der Waals surface area contributed by atoms with Gasteiger partial charge in [0.25, 0.3) is 0 Å². The van der Waals surface area contributed by atoms with Crippen LogP contribution in [-0.4, -0.2) is 26.3 Å². The molecule has 0 radical (unpaired) electrons. The maximum absolute atomic E-state index is 11.9. The van der Waals surface area contributed by atoms with Crippen LogP contribution >= 0.6 is 0 Å². The lowest BCUT2D eigenvalue weighted by Crippen LogP contribution is -2.39. The third-order valence-electron chi connectivity index (χ3n) is 3.77. The van der Waals surface area contributed by atoms with Crippen molar-refractivity contribution in [2.45, 2.75) is 64.5 Å². The van der Waals surface area contributed by atoms with Crippen molar-refractivity contribution in [1.82, 2.24) is 4.72 Å². The molecule has 0 aliphatic heterocycles. The fourth-order valence-electron chi connectivity index (χ4n) is 2.16. The highest BCUT2D eigenvalue weighted by Crippen LogP contribution is 2.13. The van der Waals surface area contributed by atoms with Crippen molar-refractivity contribution in [3.63, 3.8) is 0 Å². The van der Waals surface area contributed by atoms with Gasteiger partial charge in [-0.3, -0.25) is 0 Å². The summed E-state index contributed by atoms with van der Waals surface area (Å²) in [5.41, 5.74) is 2.53. The molecular weight excluding hydrogens is 308 g/mol. The quantitative estimate of drug-likeness (QED) is 0.634. The zero-order valence-electron chi connectivity index (χ0n) is 15.0. The standard InChI is InChI=1S/C18H32N2O2S/c1-5-9-16-10-12-17(13-11-16)19-14-7-6-8-15-20-23(21,22)18(2,3)4/h10-13,19-20H,5-9,14-15H2,1-4H3. The Morgan fingerprint density at radius 2 is 1.57 bits per heavy atom. The maximum Gasteiger partial charge on any atom is 0.216 e. The van der Waals surface area contributed by atoms with Gasteiger partial charge in [0.2, 0.25) is 10.0 Å². The van der Waals surface area contributed by atoms with E-state index in [0.29, 0.717) is 6.54 Å². The molecule has 1 aromatic rings. The van der Waals surface area contributed by atoms with Crippen molar-refractivity contribution >= 4 is 15.7 Å². The molecule has 4 nitrogen and oxygen atoms in total. The lowest BCUT2D eigenvalue weighted by molar-refractivity contribution is 0.540. The third-order valence-corrected chi connectivity index (χ3v) is 5.97. The van der Waals surface area contributed by atoms with Crippen LogP contribution in [0.1, 0.15) is 58.9 Å². The van der Waals surface area contributed by atoms with Gasteiger partial charge in [-0.15, -0.1) is 0 Å². The van der Waals surface area contributed by atoms with Crippen LogP contribution in [0.2, 0.25) is 0 Å². The topological polar surface area (TPSA) is 58.2 Å². The molecule has 0 heterocycles. The summed E-state index contributed by atoms with van der Waals surface area (Å²) in [6.07, 6.45) is 5.21. The Balaban J connectivity index is 2.14. The molecule has 0 fully saturated rings. The molecule has 0 amide bonds. The second-order valence-corrected chi connectivity index (χ2v) is 9.46. The zero-order chi connectivity index (χ0) is 17.3. The Labute approximate surface area is 142 Å². The average molecular weight is 341 g/mol. The largest absolute Gasteiger partial charge is 0.385 e. The maximum atomic E-state index is 11.9. The summed E-state index contributed by atoms with van der Waals surface area (Å²) in [7, 11) is -3.21. The summed E-state index contributed by atoms with van der Waals surface area (Å²) in [6.45, 7) is 8.76. The van der Waals surface area contributed by atoms with Gasteiger partial charge in [-0.05, 0) is 57.7 Å². The predicted octanol–water partition coefficient (Wildman–Crippen LogP) is 3.94. The molecular formula is C18H32N2O2S. The summed E-state index contributed by atoms with van der Waals surface area (Å²) in [6, 6.07) is 8.60. The second-order valence-electron chi connectivity index (χ2n) is 6.94.